The first kappa shape index (κ1) is 70.3. The molecule has 0 radical (unpaired) electrons. The standard InChI is InChI=1S/C54H83N11O17/c1-38(66)63(79)31-11-4-8-27-57-45(69)22-24-50(74)65(81)32-10-3-2-6-18-41(67)21-23-49(73)64(80)33-12-5-9-28-58-46(70)37-82-43-19-14-16-40(35-43)51(75)60-36-42(68)34-39(17-15-29-59-54(55)56)52(76)61-44(53(77)78)20-7-13-30-62-47(71)25-26-48(62)72/h14,16,19,25-26,35,39,44,79-81H,2-13,15,17-18,20-24,27-34,36-37H2,1H3,(H,57,69)(H,58,70)(H,60,75)(H,61,76)(H,77,78)(H4,55,56,59)/t39-,44+/m1/s1. The van der Waals surface area contributed by atoms with Crippen molar-refractivity contribution in [3.05, 3.63) is 42.0 Å². The van der Waals surface area contributed by atoms with Gasteiger partial charge in [0.2, 0.25) is 29.5 Å². The molecular weight excluding hydrogens is 1070 g/mol. The molecule has 2 rings (SSSR count). The lowest BCUT2D eigenvalue weighted by molar-refractivity contribution is -0.166. The van der Waals surface area contributed by atoms with E-state index < -0.39 is 77.5 Å². The molecule has 0 aromatic heterocycles. The average Bonchev–Trinajstić information content (AvgIpc) is 3.77. The number of carboxylic acid groups (broad SMARTS) is 1. The summed E-state index contributed by atoms with van der Waals surface area (Å²) >= 11 is 0. The molecule has 0 bridgehead atoms. The number of Topliss-reactive ketones (excluding diaryl/α,β-unsaturated/α-hetero) is 2. The van der Waals surface area contributed by atoms with E-state index in [9.17, 15) is 78.3 Å². The number of aliphatic imine (C=N–C) groups is 1. The zero-order valence-electron chi connectivity index (χ0n) is 46.8. The second-order valence-corrected chi connectivity index (χ2v) is 19.6. The van der Waals surface area contributed by atoms with Crippen molar-refractivity contribution in [1.29, 1.82) is 0 Å². The van der Waals surface area contributed by atoms with Crippen LogP contribution in [0.4, 0.5) is 0 Å². The topological polar surface area (TPSA) is 420 Å². The number of imide groups is 1. The molecule has 0 saturated heterocycles. The molecule has 1 aliphatic rings. The van der Waals surface area contributed by atoms with E-state index in [1.807, 2.05) is 0 Å². The number of unbranched alkanes of at least 4 members (excludes halogenated alkanes) is 8. The van der Waals surface area contributed by atoms with E-state index in [0.29, 0.717) is 92.4 Å². The van der Waals surface area contributed by atoms with Crippen molar-refractivity contribution in [3.63, 3.8) is 0 Å². The Labute approximate surface area is 476 Å². The van der Waals surface area contributed by atoms with E-state index in [4.69, 9.17) is 16.2 Å². The van der Waals surface area contributed by atoms with Crippen molar-refractivity contribution in [3.8, 4) is 5.75 Å². The van der Waals surface area contributed by atoms with Crippen LogP contribution in [0.1, 0.15) is 152 Å². The third kappa shape index (κ3) is 31.2. The summed E-state index contributed by atoms with van der Waals surface area (Å²) in [5.74, 6) is -7.65. The maximum absolute atomic E-state index is 13.3. The number of benzene rings is 1. The van der Waals surface area contributed by atoms with Gasteiger partial charge < -0.3 is 42.6 Å². The third-order valence-corrected chi connectivity index (χ3v) is 12.8. The minimum Gasteiger partial charge on any atom is -0.484 e. The Bertz CT molecular complexity index is 2350. The Kier molecular flexibility index (Phi) is 34.6. The summed E-state index contributed by atoms with van der Waals surface area (Å²) in [7, 11) is 0. The highest BCUT2D eigenvalue weighted by atomic mass is 16.5. The summed E-state index contributed by atoms with van der Waals surface area (Å²) < 4.78 is 5.56. The van der Waals surface area contributed by atoms with E-state index in [0.717, 1.165) is 17.1 Å². The van der Waals surface area contributed by atoms with E-state index >= 15 is 0 Å². The molecule has 1 aliphatic heterocycles. The van der Waals surface area contributed by atoms with E-state index in [1.165, 1.54) is 31.2 Å². The number of ketones is 2. The van der Waals surface area contributed by atoms with Crippen molar-refractivity contribution in [2.24, 2.45) is 22.4 Å². The highest BCUT2D eigenvalue weighted by Gasteiger charge is 2.28. The van der Waals surface area contributed by atoms with Crippen LogP contribution in [0.2, 0.25) is 0 Å². The summed E-state index contributed by atoms with van der Waals surface area (Å²) in [4.78, 5) is 152. The molecule has 9 amide bonds. The van der Waals surface area contributed by atoms with Gasteiger partial charge in [-0.15, -0.1) is 0 Å². The Morgan fingerprint density at radius 2 is 1.23 bits per heavy atom. The number of hydroxylamine groups is 6. The van der Waals surface area contributed by atoms with Gasteiger partial charge in [0.25, 0.3) is 23.6 Å². The first-order valence-corrected chi connectivity index (χ1v) is 27.7. The number of carbonyl (C=O) groups excluding carboxylic acids is 11. The third-order valence-electron chi connectivity index (χ3n) is 12.8. The van der Waals surface area contributed by atoms with Crippen LogP contribution in [0.15, 0.2) is 41.4 Å². The summed E-state index contributed by atoms with van der Waals surface area (Å²) in [5, 5.41) is 51.5. The predicted molar refractivity (Wildman–Crippen MR) is 293 cm³/mol. The molecule has 28 nitrogen and oxygen atoms in total. The lowest BCUT2D eigenvalue weighted by Crippen LogP contribution is -2.44. The van der Waals surface area contributed by atoms with Gasteiger partial charge in [-0.2, -0.15) is 0 Å². The van der Waals surface area contributed by atoms with Crippen LogP contribution in [0.5, 0.6) is 5.75 Å². The zero-order chi connectivity index (χ0) is 60.8. The Morgan fingerprint density at radius 3 is 1.84 bits per heavy atom. The van der Waals surface area contributed by atoms with Gasteiger partial charge in [-0.05, 0) is 102 Å². The fraction of sp³-hybridized carbons (Fsp3) is 0.611. The van der Waals surface area contributed by atoms with Gasteiger partial charge in [0, 0.05) is 115 Å². The van der Waals surface area contributed by atoms with Crippen molar-refractivity contribution >= 4 is 76.7 Å². The molecule has 28 heteroatoms. The number of nitrogens with two attached hydrogens (primary N) is 2. The number of ether oxygens (including phenoxy) is 1. The largest absolute Gasteiger partial charge is 0.484 e. The first-order valence-electron chi connectivity index (χ1n) is 27.7. The molecule has 0 spiro atoms. The molecule has 82 heavy (non-hydrogen) atoms. The van der Waals surface area contributed by atoms with E-state index in [2.05, 4.69) is 26.3 Å². The van der Waals surface area contributed by atoms with Crippen LogP contribution in [0.25, 0.3) is 0 Å². The monoisotopic (exact) mass is 1160 g/mol. The van der Waals surface area contributed by atoms with Crippen LogP contribution >= 0.6 is 0 Å². The summed E-state index contributed by atoms with van der Waals surface area (Å²) in [6, 6.07) is 4.54. The Balaban J connectivity index is 1.60. The second-order valence-electron chi connectivity index (χ2n) is 19.6. The van der Waals surface area contributed by atoms with Gasteiger partial charge in [0.05, 0.1) is 6.54 Å². The molecule has 1 aromatic carbocycles. The molecule has 1 aromatic rings. The summed E-state index contributed by atoms with van der Waals surface area (Å²) in [5.41, 5.74) is 10.9. The normalized spacial score (nSPS) is 12.4. The molecule has 12 N–H and O–H groups in total. The highest BCUT2D eigenvalue weighted by Crippen LogP contribution is 2.17. The van der Waals surface area contributed by atoms with Crippen molar-refractivity contribution in [2.75, 3.05) is 59.0 Å². The number of hydrogen-bond acceptors (Lipinski definition) is 17. The van der Waals surface area contributed by atoms with Gasteiger partial charge in [-0.25, -0.2) is 20.0 Å². The van der Waals surface area contributed by atoms with E-state index in [1.54, 1.807) is 0 Å². The fourth-order valence-corrected chi connectivity index (χ4v) is 8.11. The van der Waals surface area contributed by atoms with Crippen LogP contribution in [0, 0.1) is 5.92 Å². The van der Waals surface area contributed by atoms with Crippen LogP contribution in [0.3, 0.4) is 0 Å². The minimum absolute atomic E-state index is 0.0125. The van der Waals surface area contributed by atoms with Gasteiger partial charge >= 0.3 is 5.97 Å². The van der Waals surface area contributed by atoms with Crippen molar-refractivity contribution < 1.29 is 83.0 Å². The number of guanidine groups is 1. The summed E-state index contributed by atoms with van der Waals surface area (Å²) in [6.07, 6.45) is 8.38. The van der Waals surface area contributed by atoms with E-state index in [-0.39, 0.29) is 139 Å². The molecule has 2 atom stereocenters. The maximum atomic E-state index is 13.3. The number of rotatable bonds is 45. The molecule has 0 saturated carbocycles. The zero-order valence-corrected chi connectivity index (χ0v) is 46.8. The predicted octanol–water partition coefficient (Wildman–Crippen LogP) is 1.42. The van der Waals surface area contributed by atoms with Crippen LogP contribution in [-0.2, 0) is 52.7 Å². The summed E-state index contributed by atoms with van der Waals surface area (Å²) in [6.45, 7) is 1.59. The molecule has 456 valence electrons. The van der Waals surface area contributed by atoms with Crippen molar-refractivity contribution in [1.82, 2.24) is 41.4 Å². The number of hydrogen-bond donors (Lipinski definition) is 10. The van der Waals surface area contributed by atoms with Gasteiger partial charge in [0.15, 0.2) is 18.3 Å². The lowest BCUT2D eigenvalue weighted by atomic mass is 9.95. The average molecular weight is 1160 g/mol. The first-order chi connectivity index (χ1) is 39.1. The molecule has 0 aliphatic carbocycles. The molecular formula is C54H83N11O17. The van der Waals surface area contributed by atoms with Crippen LogP contribution in [-0.4, -0.2) is 182 Å². The quantitative estimate of drug-likeness (QED) is 0.0110. The fourth-order valence-electron chi connectivity index (χ4n) is 8.11. The van der Waals surface area contributed by atoms with Gasteiger partial charge in [-0.1, -0.05) is 18.9 Å². The van der Waals surface area contributed by atoms with Crippen LogP contribution < -0.4 is 37.5 Å². The van der Waals surface area contributed by atoms with Gasteiger partial charge in [0.1, 0.15) is 17.6 Å². The molecule has 1 heterocycles. The van der Waals surface area contributed by atoms with Gasteiger partial charge in [-0.3, -0.25) is 78.3 Å². The number of aliphatic carboxylic acids is 1. The van der Waals surface area contributed by atoms with Crippen molar-refractivity contribution in [2.45, 2.75) is 148 Å². The Morgan fingerprint density at radius 1 is 0.646 bits per heavy atom. The maximum Gasteiger partial charge on any atom is 0.326 e. The number of amides is 9. The highest BCUT2D eigenvalue weighted by molar-refractivity contribution is 6.12. The molecule has 0 unspecified atom stereocenters. The number of nitrogens with one attached hydrogen (secondary N) is 4. The molecule has 0 fully saturated rings. The Hall–Kier alpha value is -7.85. The number of carbonyl (C=O) groups is 12. The second kappa shape index (κ2) is 40.3. The minimum atomic E-state index is -1.32. The number of nitrogens with zero attached hydrogens (tertiary/aromatic N) is 5. The smallest absolute Gasteiger partial charge is 0.326 e. The lowest BCUT2D eigenvalue weighted by Gasteiger charge is -2.20. The SMILES string of the molecule is CC(=O)N(O)CCCCCNC(=O)CCC(=O)N(O)CCCCCCC(=O)CCC(=O)N(O)CCCCCNC(=O)COc1cccc(C(=O)NCC(=O)C[C@@H](CCCN=C(N)N)C(=O)N[C@@H](CCCCN2C(=O)C=CC2=O)C(=O)O)c1. The number of carboxylic acids is 1.